The number of thiophene rings is 1. The maximum atomic E-state index is 12.6. The molecule has 1 aliphatic rings. The summed E-state index contributed by atoms with van der Waals surface area (Å²) in [6, 6.07) is 8.32. The van der Waals surface area contributed by atoms with Crippen LogP contribution in [0.25, 0.3) is 0 Å². The largest absolute Gasteiger partial charge is 0.489 e. The Kier molecular flexibility index (Phi) is 5.51. The molecule has 2 amide bonds. The Morgan fingerprint density at radius 1 is 1.16 bits per heavy atom. The van der Waals surface area contributed by atoms with Gasteiger partial charge in [-0.15, -0.1) is 11.3 Å². The van der Waals surface area contributed by atoms with Gasteiger partial charge in [-0.1, -0.05) is 23.2 Å². The molecule has 8 heteroatoms. The topological polar surface area (TPSA) is 72.6 Å². The van der Waals surface area contributed by atoms with Crippen molar-refractivity contribution in [1.29, 1.82) is 0 Å². The van der Waals surface area contributed by atoms with Crippen molar-refractivity contribution in [3.63, 3.8) is 0 Å². The standard InChI is InChI=1S/C17H16Cl2N2O3S/c18-12-4-3-10(8-13(12)19)24-11-2-1-7-21(9-11)17(23)15-6-5-14(25-15)16(20)22/h3-6,8,11H,1-2,7,9H2,(H2,20,22). The maximum absolute atomic E-state index is 12.6. The van der Waals surface area contributed by atoms with E-state index in [0.29, 0.717) is 38.6 Å². The third-order valence-electron chi connectivity index (χ3n) is 3.92. The van der Waals surface area contributed by atoms with E-state index >= 15 is 0 Å². The molecule has 2 aromatic rings. The summed E-state index contributed by atoms with van der Waals surface area (Å²) in [4.78, 5) is 26.4. The molecule has 1 fully saturated rings. The van der Waals surface area contributed by atoms with Gasteiger partial charge in [0.25, 0.3) is 11.8 Å². The quantitative estimate of drug-likeness (QED) is 0.849. The van der Waals surface area contributed by atoms with Crippen molar-refractivity contribution in [2.75, 3.05) is 13.1 Å². The molecule has 25 heavy (non-hydrogen) atoms. The van der Waals surface area contributed by atoms with Gasteiger partial charge in [-0.25, -0.2) is 0 Å². The van der Waals surface area contributed by atoms with E-state index in [2.05, 4.69) is 0 Å². The van der Waals surface area contributed by atoms with Gasteiger partial charge in [-0.2, -0.15) is 0 Å². The average Bonchev–Trinajstić information content (AvgIpc) is 3.08. The highest BCUT2D eigenvalue weighted by atomic mass is 35.5. The number of ether oxygens (including phenoxy) is 1. The van der Waals surface area contributed by atoms with Crippen LogP contribution in [-0.4, -0.2) is 35.9 Å². The minimum absolute atomic E-state index is 0.111. The van der Waals surface area contributed by atoms with Crippen molar-refractivity contribution in [2.24, 2.45) is 5.73 Å². The third-order valence-corrected chi connectivity index (χ3v) is 5.75. The number of nitrogens with two attached hydrogens (primary N) is 1. The van der Waals surface area contributed by atoms with Gasteiger partial charge in [0.2, 0.25) is 0 Å². The number of carbonyl (C=O) groups is 2. The van der Waals surface area contributed by atoms with Crippen LogP contribution in [0.4, 0.5) is 0 Å². The molecule has 0 aliphatic carbocycles. The molecule has 1 unspecified atom stereocenters. The molecule has 1 aromatic heterocycles. The molecule has 1 atom stereocenters. The number of benzene rings is 1. The van der Waals surface area contributed by atoms with Crippen LogP contribution >= 0.6 is 34.5 Å². The summed E-state index contributed by atoms with van der Waals surface area (Å²) in [5.41, 5.74) is 5.24. The van der Waals surface area contributed by atoms with E-state index in [-0.39, 0.29) is 12.0 Å². The molecule has 0 spiro atoms. The first-order valence-corrected chi connectivity index (χ1v) is 9.32. The first kappa shape index (κ1) is 18.0. The van der Waals surface area contributed by atoms with Crippen LogP contribution in [0.2, 0.25) is 10.0 Å². The molecule has 2 heterocycles. The van der Waals surface area contributed by atoms with Crippen molar-refractivity contribution in [3.8, 4) is 5.75 Å². The summed E-state index contributed by atoms with van der Waals surface area (Å²) in [6.07, 6.45) is 1.57. The fourth-order valence-electron chi connectivity index (χ4n) is 2.70. The molecule has 3 rings (SSSR count). The Labute approximate surface area is 159 Å². The van der Waals surface area contributed by atoms with Crippen molar-refractivity contribution >= 4 is 46.4 Å². The second-order valence-corrected chi connectivity index (χ2v) is 7.64. The molecule has 0 bridgehead atoms. The molecule has 5 nitrogen and oxygen atoms in total. The van der Waals surface area contributed by atoms with Crippen molar-refractivity contribution < 1.29 is 14.3 Å². The fraction of sp³-hybridized carbons (Fsp3) is 0.294. The lowest BCUT2D eigenvalue weighted by Gasteiger charge is -2.32. The SMILES string of the molecule is NC(=O)c1ccc(C(=O)N2CCCC(Oc3ccc(Cl)c(Cl)c3)C2)s1. The summed E-state index contributed by atoms with van der Waals surface area (Å²) < 4.78 is 5.94. The van der Waals surface area contributed by atoms with Gasteiger partial charge in [0.1, 0.15) is 11.9 Å². The maximum Gasteiger partial charge on any atom is 0.264 e. The number of likely N-dealkylation sites (tertiary alicyclic amines) is 1. The molecule has 1 aromatic carbocycles. The van der Waals surface area contributed by atoms with Crippen LogP contribution in [0.3, 0.4) is 0 Å². The van der Waals surface area contributed by atoms with E-state index in [0.717, 1.165) is 24.2 Å². The number of piperidine rings is 1. The van der Waals surface area contributed by atoms with E-state index in [1.165, 1.54) is 0 Å². The zero-order valence-corrected chi connectivity index (χ0v) is 15.5. The highest BCUT2D eigenvalue weighted by Gasteiger charge is 2.27. The monoisotopic (exact) mass is 398 g/mol. The first-order valence-electron chi connectivity index (χ1n) is 7.74. The van der Waals surface area contributed by atoms with Gasteiger partial charge in [-0.3, -0.25) is 9.59 Å². The van der Waals surface area contributed by atoms with E-state index in [4.69, 9.17) is 33.7 Å². The third kappa shape index (κ3) is 4.26. The number of hydrogen-bond donors (Lipinski definition) is 1. The Bertz CT molecular complexity index is 809. The van der Waals surface area contributed by atoms with E-state index in [1.807, 2.05) is 0 Å². The summed E-state index contributed by atoms with van der Waals surface area (Å²) >= 11 is 13.0. The zero-order chi connectivity index (χ0) is 18.0. The van der Waals surface area contributed by atoms with Gasteiger partial charge >= 0.3 is 0 Å². The number of halogens is 2. The Balaban J connectivity index is 1.66. The lowest BCUT2D eigenvalue weighted by atomic mass is 10.1. The van der Waals surface area contributed by atoms with Crippen LogP contribution in [-0.2, 0) is 0 Å². The van der Waals surface area contributed by atoms with Crippen LogP contribution in [0.1, 0.15) is 32.2 Å². The number of primary amides is 1. The molecule has 2 N–H and O–H groups in total. The molecule has 132 valence electrons. The Morgan fingerprint density at radius 2 is 1.92 bits per heavy atom. The first-order chi connectivity index (χ1) is 11.9. The molecular formula is C17H16Cl2N2O3S. The van der Waals surface area contributed by atoms with Crippen LogP contribution in [0, 0.1) is 0 Å². The second kappa shape index (κ2) is 7.64. The summed E-state index contributed by atoms with van der Waals surface area (Å²) in [5.74, 6) is -0.00991. The second-order valence-electron chi connectivity index (χ2n) is 5.74. The summed E-state index contributed by atoms with van der Waals surface area (Å²) in [6.45, 7) is 1.13. The van der Waals surface area contributed by atoms with Crippen molar-refractivity contribution in [2.45, 2.75) is 18.9 Å². The number of hydrogen-bond acceptors (Lipinski definition) is 4. The van der Waals surface area contributed by atoms with Crippen molar-refractivity contribution in [3.05, 3.63) is 50.1 Å². The average molecular weight is 399 g/mol. The number of amides is 2. The van der Waals surface area contributed by atoms with Gasteiger partial charge in [0, 0.05) is 12.6 Å². The Hall–Kier alpha value is -1.76. The zero-order valence-electron chi connectivity index (χ0n) is 13.2. The fourth-order valence-corrected chi connectivity index (χ4v) is 3.82. The number of nitrogens with zero attached hydrogens (tertiary/aromatic N) is 1. The van der Waals surface area contributed by atoms with E-state index in [1.54, 1.807) is 35.2 Å². The van der Waals surface area contributed by atoms with Gasteiger partial charge < -0.3 is 15.4 Å². The van der Waals surface area contributed by atoms with E-state index < -0.39 is 5.91 Å². The summed E-state index contributed by atoms with van der Waals surface area (Å²) in [7, 11) is 0. The van der Waals surface area contributed by atoms with Crippen molar-refractivity contribution in [1.82, 2.24) is 4.90 Å². The smallest absolute Gasteiger partial charge is 0.264 e. The summed E-state index contributed by atoms with van der Waals surface area (Å²) in [5, 5.41) is 0.901. The van der Waals surface area contributed by atoms with Gasteiger partial charge in [0.05, 0.1) is 26.3 Å². The lowest BCUT2D eigenvalue weighted by molar-refractivity contribution is 0.0542. The minimum atomic E-state index is -0.525. The van der Waals surface area contributed by atoms with Gasteiger partial charge in [0.15, 0.2) is 0 Å². The minimum Gasteiger partial charge on any atom is -0.489 e. The Morgan fingerprint density at radius 3 is 2.60 bits per heavy atom. The predicted molar refractivity (Wildman–Crippen MR) is 98.9 cm³/mol. The van der Waals surface area contributed by atoms with Gasteiger partial charge in [-0.05, 0) is 37.1 Å². The molecule has 1 saturated heterocycles. The van der Waals surface area contributed by atoms with E-state index in [9.17, 15) is 9.59 Å². The molecule has 1 aliphatic heterocycles. The number of rotatable bonds is 4. The van der Waals surface area contributed by atoms with Crippen LogP contribution < -0.4 is 10.5 Å². The molecule has 0 saturated carbocycles. The lowest BCUT2D eigenvalue weighted by Crippen LogP contribution is -2.44. The van der Waals surface area contributed by atoms with Crippen LogP contribution in [0.5, 0.6) is 5.75 Å². The van der Waals surface area contributed by atoms with Crippen LogP contribution in [0.15, 0.2) is 30.3 Å². The predicted octanol–water partition coefficient (Wildman–Crippen LogP) is 3.84. The molecular weight excluding hydrogens is 383 g/mol. The highest BCUT2D eigenvalue weighted by Crippen LogP contribution is 2.28. The normalized spacial score (nSPS) is 17.4. The highest BCUT2D eigenvalue weighted by molar-refractivity contribution is 7.15. The molecule has 0 radical (unpaired) electrons. The number of carbonyl (C=O) groups excluding carboxylic acids is 2.